The Labute approximate surface area is 185 Å². The summed E-state index contributed by atoms with van der Waals surface area (Å²) in [6.07, 6.45) is 1.06. The van der Waals surface area contributed by atoms with Crippen LogP contribution < -0.4 is 10.1 Å². The predicted molar refractivity (Wildman–Crippen MR) is 111 cm³/mol. The molecule has 0 aliphatic carbocycles. The summed E-state index contributed by atoms with van der Waals surface area (Å²) in [4.78, 5) is 25.7. The molecule has 0 fully saturated rings. The van der Waals surface area contributed by atoms with Crippen molar-refractivity contribution in [3.05, 3.63) is 59.3 Å². The molecule has 1 unspecified atom stereocenters. The SMILES string of the molecule is CC12OCCOc3nc(-c4nn(Cc5ccccc5F)c5ncc(F)cc45)nc(c31)NC2=O. The quantitative estimate of drug-likeness (QED) is 0.512. The molecule has 166 valence electrons. The Balaban J connectivity index is 1.54. The Hall–Kier alpha value is -3.99. The van der Waals surface area contributed by atoms with Crippen LogP contribution in [0.1, 0.15) is 18.1 Å². The number of anilines is 1. The average molecular weight is 450 g/mol. The van der Waals surface area contributed by atoms with Gasteiger partial charge >= 0.3 is 0 Å². The van der Waals surface area contributed by atoms with Crippen LogP contribution in [0.25, 0.3) is 22.6 Å². The number of hydrogen-bond donors (Lipinski definition) is 1. The standard InChI is InChI=1S/C22H16F2N6O3/c1-22-15-17(28-21(22)31)26-18(27-20(15)32-6-7-33-22)16-13-8-12(23)9-25-19(13)30(29-16)10-11-4-2-3-5-14(11)24/h2-5,8-9H,6-7,10H2,1H3,(H,26,27,28,31). The van der Waals surface area contributed by atoms with Crippen LogP contribution in [0.4, 0.5) is 14.6 Å². The lowest BCUT2D eigenvalue weighted by Crippen LogP contribution is -2.34. The van der Waals surface area contributed by atoms with Crippen molar-refractivity contribution in [2.24, 2.45) is 0 Å². The first kappa shape index (κ1) is 19.7. The van der Waals surface area contributed by atoms with Crippen molar-refractivity contribution in [2.75, 3.05) is 18.5 Å². The monoisotopic (exact) mass is 450 g/mol. The fourth-order valence-electron chi connectivity index (χ4n) is 4.13. The predicted octanol–water partition coefficient (Wildman–Crippen LogP) is 2.79. The molecule has 1 atom stereocenters. The zero-order valence-corrected chi connectivity index (χ0v) is 17.3. The lowest BCUT2D eigenvalue weighted by atomic mass is 10.00. The minimum Gasteiger partial charge on any atom is -0.475 e. The van der Waals surface area contributed by atoms with Crippen molar-refractivity contribution in [1.82, 2.24) is 24.7 Å². The maximum atomic E-state index is 14.3. The summed E-state index contributed by atoms with van der Waals surface area (Å²) in [5.74, 6) is -0.799. The topological polar surface area (TPSA) is 104 Å². The van der Waals surface area contributed by atoms with Gasteiger partial charge in [-0.2, -0.15) is 10.1 Å². The summed E-state index contributed by atoms with van der Waals surface area (Å²) >= 11 is 0. The van der Waals surface area contributed by atoms with E-state index >= 15 is 0 Å². The minimum absolute atomic E-state index is 0.0682. The first-order valence-corrected chi connectivity index (χ1v) is 10.2. The third-order valence-corrected chi connectivity index (χ3v) is 5.77. The number of halogens is 2. The number of benzene rings is 1. The van der Waals surface area contributed by atoms with Gasteiger partial charge in [-0.05, 0) is 19.1 Å². The molecule has 0 radical (unpaired) electrons. The van der Waals surface area contributed by atoms with Gasteiger partial charge in [-0.3, -0.25) is 4.79 Å². The number of fused-ring (bicyclic) bond motifs is 1. The largest absolute Gasteiger partial charge is 0.475 e. The molecule has 9 nitrogen and oxygen atoms in total. The molecule has 2 aliphatic rings. The number of pyridine rings is 1. The number of hydrogen-bond acceptors (Lipinski definition) is 7. The molecule has 4 aromatic rings. The van der Waals surface area contributed by atoms with Crippen LogP contribution in [0.3, 0.4) is 0 Å². The normalized spacial score (nSPS) is 19.2. The van der Waals surface area contributed by atoms with Gasteiger partial charge in [-0.25, -0.2) is 23.4 Å². The van der Waals surface area contributed by atoms with Gasteiger partial charge in [0.15, 0.2) is 17.1 Å². The molecule has 0 saturated heterocycles. The molecule has 1 amide bonds. The second-order valence-corrected chi connectivity index (χ2v) is 7.88. The van der Waals surface area contributed by atoms with Crippen LogP contribution in [-0.4, -0.2) is 43.9 Å². The van der Waals surface area contributed by atoms with Crippen LogP contribution in [0.2, 0.25) is 0 Å². The summed E-state index contributed by atoms with van der Waals surface area (Å²) in [7, 11) is 0. The molecular weight excluding hydrogens is 434 g/mol. The fourth-order valence-corrected chi connectivity index (χ4v) is 4.13. The van der Waals surface area contributed by atoms with E-state index in [1.807, 2.05) is 0 Å². The number of aromatic nitrogens is 5. The van der Waals surface area contributed by atoms with Crippen molar-refractivity contribution in [1.29, 1.82) is 0 Å². The maximum Gasteiger partial charge on any atom is 0.262 e. The third-order valence-electron chi connectivity index (χ3n) is 5.77. The molecule has 0 saturated carbocycles. The maximum absolute atomic E-state index is 14.3. The van der Waals surface area contributed by atoms with Gasteiger partial charge in [0.05, 0.1) is 30.3 Å². The van der Waals surface area contributed by atoms with Gasteiger partial charge in [-0.15, -0.1) is 0 Å². The summed E-state index contributed by atoms with van der Waals surface area (Å²) in [5, 5.41) is 7.58. The highest BCUT2D eigenvalue weighted by molar-refractivity contribution is 6.05. The summed E-state index contributed by atoms with van der Waals surface area (Å²) in [5.41, 5.74) is 0.101. The highest BCUT2D eigenvalue weighted by Crippen LogP contribution is 2.45. The van der Waals surface area contributed by atoms with Gasteiger partial charge in [0.25, 0.3) is 5.91 Å². The fraction of sp³-hybridized carbons (Fsp3) is 0.227. The Bertz CT molecular complexity index is 1460. The van der Waals surface area contributed by atoms with E-state index < -0.39 is 17.2 Å². The lowest BCUT2D eigenvalue weighted by Gasteiger charge is -2.19. The molecule has 3 aromatic heterocycles. The molecule has 33 heavy (non-hydrogen) atoms. The van der Waals surface area contributed by atoms with Crippen LogP contribution in [0.5, 0.6) is 5.88 Å². The van der Waals surface area contributed by atoms with E-state index in [9.17, 15) is 13.6 Å². The Morgan fingerprint density at radius 1 is 1.21 bits per heavy atom. The first-order chi connectivity index (χ1) is 15.9. The molecule has 1 aromatic carbocycles. The van der Waals surface area contributed by atoms with Crippen LogP contribution in [-0.2, 0) is 21.7 Å². The van der Waals surface area contributed by atoms with E-state index in [4.69, 9.17) is 9.47 Å². The summed E-state index contributed by atoms with van der Waals surface area (Å²) < 4.78 is 41.3. The summed E-state index contributed by atoms with van der Waals surface area (Å²) in [6.45, 7) is 2.10. The molecule has 2 aliphatic heterocycles. The zero-order chi connectivity index (χ0) is 22.7. The van der Waals surface area contributed by atoms with Gasteiger partial charge < -0.3 is 14.8 Å². The number of rotatable bonds is 3. The van der Waals surface area contributed by atoms with E-state index in [0.29, 0.717) is 22.2 Å². The van der Waals surface area contributed by atoms with Gasteiger partial charge in [0.1, 0.15) is 29.8 Å². The second kappa shape index (κ2) is 7.01. The van der Waals surface area contributed by atoms with E-state index in [1.165, 1.54) is 16.8 Å². The van der Waals surface area contributed by atoms with E-state index in [2.05, 4.69) is 25.4 Å². The Morgan fingerprint density at radius 2 is 2.06 bits per heavy atom. The number of nitrogens with one attached hydrogen (secondary N) is 1. The summed E-state index contributed by atoms with van der Waals surface area (Å²) in [6, 6.07) is 7.57. The van der Waals surface area contributed by atoms with Crippen molar-refractivity contribution in [3.8, 4) is 17.4 Å². The van der Waals surface area contributed by atoms with Gasteiger partial charge in [0.2, 0.25) is 5.88 Å². The second-order valence-electron chi connectivity index (χ2n) is 7.88. The van der Waals surface area contributed by atoms with Crippen molar-refractivity contribution in [3.63, 3.8) is 0 Å². The number of amides is 1. The van der Waals surface area contributed by atoms with Crippen LogP contribution in [0.15, 0.2) is 36.5 Å². The number of carbonyl (C=O) groups excluding carboxylic acids is 1. The van der Waals surface area contributed by atoms with Crippen LogP contribution >= 0.6 is 0 Å². The van der Waals surface area contributed by atoms with Crippen molar-refractivity contribution in [2.45, 2.75) is 19.1 Å². The van der Waals surface area contributed by atoms with E-state index in [0.717, 1.165) is 6.20 Å². The number of ether oxygens (including phenoxy) is 2. The molecule has 11 heteroatoms. The molecule has 6 rings (SSSR count). The van der Waals surface area contributed by atoms with Crippen LogP contribution in [0, 0.1) is 11.6 Å². The van der Waals surface area contributed by atoms with Crippen molar-refractivity contribution < 1.29 is 23.0 Å². The highest BCUT2D eigenvalue weighted by Gasteiger charge is 2.49. The molecule has 5 heterocycles. The Morgan fingerprint density at radius 3 is 2.91 bits per heavy atom. The lowest BCUT2D eigenvalue weighted by molar-refractivity contribution is -0.138. The van der Waals surface area contributed by atoms with Gasteiger partial charge in [0, 0.05) is 5.56 Å². The third kappa shape index (κ3) is 2.96. The molecular formula is C22H16F2N6O3. The number of carbonyl (C=O) groups is 1. The highest BCUT2D eigenvalue weighted by atomic mass is 19.1. The van der Waals surface area contributed by atoms with E-state index in [1.54, 1.807) is 25.1 Å². The molecule has 1 N–H and O–H groups in total. The van der Waals surface area contributed by atoms with Gasteiger partial charge in [-0.1, -0.05) is 18.2 Å². The zero-order valence-electron chi connectivity index (χ0n) is 17.3. The first-order valence-electron chi connectivity index (χ1n) is 10.2. The Kier molecular flexibility index (Phi) is 4.18. The number of nitrogens with zero attached hydrogens (tertiary/aromatic N) is 5. The smallest absolute Gasteiger partial charge is 0.262 e. The van der Waals surface area contributed by atoms with E-state index in [-0.39, 0.29) is 48.9 Å². The van der Waals surface area contributed by atoms with Crippen molar-refractivity contribution >= 4 is 22.8 Å². The average Bonchev–Trinajstić information content (AvgIpc) is 3.19. The molecule has 0 bridgehead atoms. The molecule has 0 spiro atoms. The minimum atomic E-state index is -1.26.